The molecule has 0 saturated carbocycles. The van der Waals surface area contributed by atoms with Crippen molar-refractivity contribution in [1.82, 2.24) is 19.6 Å². The lowest BCUT2D eigenvalue weighted by atomic mass is 9.88. The van der Waals surface area contributed by atoms with Gasteiger partial charge in [0.15, 0.2) is 0 Å². The molecule has 4 rings (SSSR count). The predicted molar refractivity (Wildman–Crippen MR) is 101 cm³/mol. The first-order valence-corrected chi connectivity index (χ1v) is 9.29. The van der Waals surface area contributed by atoms with Crippen LogP contribution in [-0.4, -0.2) is 56.5 Å². The zero-order valence-electron chi connectivity index (χ0n) is 15.0. The highest BCUT2D eigenvalue weighted by molar-refractivity contribution is 7.20. The van der Waals surface area contributed by atoms with Crippen molar-refractivity contribution in [1.29, 1.82) is 0 Å². The van der Waals surface area contributed by atoms with Crippen LogP contribution < -0.4 is 15.4 Å². The Hall–Kier alpha value is -2.23. The molecule has 3 aromatic rings. The molecular formula is C17H22N6O2S. The van der Waals surface area contributed by atoms with Gasteiger partial charge >= 0.3 is 0 Å². The van der Waals surface area contributed by atoms with Crippen molar-refractivity contribution < 1.29 is 9.84 Å². The number of fused-ring (bicyclic) bond motifs is 1. The van der Waals surface area contributed by atoms with E-state index in [4.69, 9.17) is 15.6 Å². The van der Waals surface area contributed by atoms with E-state index in [0.717, 1.165) is 33.6 Å². The van der Waals surface area contributed by atoms with Gasteiger partial charge in [0.1, 0.15) is 0 Å². The minimum absolute atomic E-state index is 0.467. The van der Waals surface area contributed by atoms with Gasteiger partial charge in [0.05, 0.1) is 30.7 Å². The van der Waals surface area contributed by atoms with Crippen LogP contribution in [0.25, 0.3) is 16.2 Å². The first-order valence-electron chi connectivity index (χ1n) is 8.47. The number of hydrogen-bond acceptors (Lipinski definition) is 8. The summed E-state index contributed by atoms with van der Waals surface area (Å²) in [7, 11) is 1.61. The largest absolute Gasteiger partial charge is 0.480 e. The molecule has 1 fully saturated rings. The number of aliphatic hydroxyl groups is 1. The molecule has 138 valence electrons. The molecule has 26 heavy (non-hydrogen) atoms. The second-order valence-corrected chi connectivity index (χ2v) is 7.88. The summed E-state index contributed by atoms with van der Waals surface area (Å²) in [6.07, 6.45) is 1.89. The quantitative estimate of drug-likeness (QED) is 0.715. The molecule has 0 radical (unpaired) electrons. The van der Waals surface area contributed by atoms with Crippen molar-refractivity contribution in [3.8, 4) is 17.1 Å². The van der Waals surface area contributed by atoms with Gasteiger partial charge in [-0.2, -0.15) is 0 Å². The third kappa shape index (κ3) is 2.81. The molecule has 9 heteroatoms. The van der Waals surface area contributed by atoms with E-state index in [1.165, 1.54) is 11.3 Å². The molecule has 1 saturated heterocycles. The van der Waals surface area contributed by atoms with Crippen molar-refractivity contribution >= 4 is 21.4 Å². The van der Waals surface area contributed by atoms with Gasteiger partial charge in [0.25, 0.3) is 0 Å². The van der Waals surface area contributed by atoms with Crippen molar-refractivity contribution in [2.75, 3.05) is 25.1 Å². The number of β-amino-alcohol motifs (C(OH)–C–C–N with tert-alkyl or cyclic N) is 1. The summed E-state index contributed by atoms with van der Waals surface area (Å²) >= 11 is 1.49. The Labute approximate surface area is 155 Å². The zero-order valence-corrected chi connectivity index (χ0v) is 15.8. The fourth-order valence-electron chi connectivity index (χ4n) is 3.10. The highest BCUT2D eigenvalue weighted by Gasteiger charge is 2.36. The number of hydrogen-bond donors (Lipinski definition) is 2. The topological polar surface area (TPSA) is 102 Å². The van der Waals surface area contributed by atoms with Gasteiger partial charge in [0.2, 0.25) is 16.0 Å². The number of imidazole rings is 1. The predicted octanol–water partition coefficient (Wildman–Crippen LogP) is 1.46. The number of aryl methyl sites for hydroxylation is 1. The molecule has 3 aromatic heterocycles. The number of nitrogens with zero attached hydrogens (tertiary/aromatic N) is 5. The molecule has 1 aliphatic rings. The zero-order chi connectivity index (χ0) is 18.5. The Morgan fingerprint density at radius 3 is 2.96 bits per heavy atom. The molecule has 0 aromatic carbocycles. The van der Waals surface area contributed by atoms with Crippen LogP contribution in [0, 0.1) is 6.92 Å². The minimum atomic E-state index is -0.590. The van der Waals surface area contributed by atoms with Gasteiger partial charge in [-0.25, -0.2) is 14.5 Å². The molecule has 0 unspecified atom stereocenters. The third-order valence-corrected chi connectivity index (χ3v) is 5.87. The molecule has 0 aliphatic carbocycles. The number of anilines is 1. The van der Waals surface area contributed by atoms with Crippen molar-refractivity contribution in [3.05, 3.63) is 24.0 Å². The SMILES string of the molecule is COc1nc(C)ccc1-c1cnc2sc(N3CC[C@](C)(N)[C@@H](O)C3)nn12. The highest BCUT2D eigenvalue weighted by atomic mass is 32.1. The maximum absolute atomic E-state index is 10.3. The number of nitrogens with two attached hydrogens (primary N) is 1. The van der Waals surface area contributed by atoms with Crippen LogP contribution >= 0.6 is 11.3 Å². The molecule has 0 spiro atoms. The lowest BCUT2D eigenvalue weighted by Crippen LogP contribution is -2.59. The average molecular weight is 374 g/mol. The Balaban J connectivity index is 1.70. The van der Waals surface area contributed by atoms with E-state index in [1.54, 1.807) is 17.8 Å². The van der Waals surface area contributed by atoms with E-state index in [2.05, 4.69) is 14.9 Å². The first-order chi connectivity index (χ1) is 12.4. The first kappa shape index (κ1) is 17.2. The van der Waals surface area contributed by atoms with Crippen LogP contribution in [0.15, 0.2) is 18.3 Å². The Bertz CT molecular complexity index is 950. The normalized spacial score (nSPS) is 23.6. The van der Waals surface area contributed by atoms with E-state index >= 15 is 0 Å². The van der Waals surface area contributed by atoms with Crippen LogP contribution in [0.5, 0.6) is 5.88 Å². The highest BCUT2D eigenvalue weighted by Crippen LogP contribution is 2.33. The van der Waals surface area contributed by atoms with Gasteiger partial charge < -0.3 is 20.5 Å². The summed E-state index contributed by atoms with van der Waals surface area (Å²) in [5, 5.41) is 15.8. The Morgan fingerprint density at radius 2 is 2.23 bits per heavy atom. The summed E-state index contributed by atoms with van der Waals surface area (Å²) in [5.74, 6) is 0.550. The second kappa shape index (κ2) is 6.19. The van der Waals surface area contributed by atoms with Gasteiger partial charge in [-0.3, -0.25) is 0 Å². The summed E-state index contributed by atoms with van der Waals surface area (Å²) in [6, 6.07) is 3.90. The number of aliphatic hydroxyl groups excluding tert-OH is 1. The molecule has 8 nitrogen and oxygen atoms in total. The van der Waals surface area contributed by atoms with E-state index in [1.807, 2.05) is 26.0 Å². The van der Waals surface area contributed by atoms with E-state index < -0.39 is 11.6 Å². The lowest BCUT2D eigenvalue weighted by molar-refractivity contribution is 0.0794. The number of piperidine rings is 1. The maximum atomic E-state index is 10.3. The maximum Gasteiger partial charge on any atom is 0.222 e. The number of methoxy groups -OCH3 is 1. The fourth-order valence-corrected chi connectivity index (χ4v) is 4.01. The van der Waals surface area contributed by atoms with Gasteiger partial charge in [-0.15, -0.1) is 5.10 Å². The van der Waals surface area contributed by atoms with Crippen LogP contribution in [0.1, 0.15) is 19.0 Å². The smallest absolute Gasteiger partial charge is 0.222 e. The van der Waals surface area contributed by atoms with E-state index in [-0.39, 0.29) is 0 Å². The van der Waals surface area contributed by atoms with E-state index in [9.17, 15) is 5.11 Å². The second-order valence-electron chi connectivity index (χ2n) is 6.95. The van der Waals surface area contributed by atoms with Crippen molar-refractivity contribution in [3.63, 3.8) is 0 Å². The van der Waals surface area contributed by atoms with Crippen molar-refractivity contribution in [2.24, 2.45) is 5.73 Å². The number of rotatable bonds is 3. The molecule has 0 bridgehead atoms. The molecule has 2 atom stereocenters. The van der Waals surface area contributed by atoms with Crippen LogP contribution in [0.2, 0.25) is 0 Å². The van der Waals surface area contributed by atoms with Gasteiger partial charge in [-0.05, 0) is 32.4 Å². The number of aromatic nitrogens is 4. The van der Waals surface area contributed by atoms with Gasteiger partial charge in [0, 0.05) is 24.3 Å². The summed E-state index contributed by atoms with van der Waals surface area (Å²) < 4.78 is 7.23. The molecule has 0 amide bonds. The van der Waals surface area contributed by atoms with Crippen LogP contribution in [-0.2, 0) is 0 Å². The lowest BCUT2D eigenvalue weighted by Gasteiger charge is -2.40. The minimum Gasteiger partial charge on any atom is -0.480 e. The van der Waals surface area contributed by atoms with Gasteiger partial charge in [-0.1, -0.05) is 11.3 Å². The molecule has 4 heterocycles. The molecule has 3 N–H and O–H groups in total. The number of ether oxygens (including phenoxy) is 1. The summed E-state index contributed by atoms with van der Waals surface area (Å²) in [4.78, 5) is 11.8. The van der Waals surface area contributed by atoms with Crippen molar-refractivity contribution in [2.45, 2.75) is 31.9 Å². The van der Waals surface area contributed by atoms with Crippen LogP contribution in [0.4, 0.5) is 5.13 Å². The molecule has 1 aliphatic heterocycles. The summed E-state index contributed by atoms with van der Waals surface area (Å²) in [5.41, 5.74) is 8.13. The average Bonchev–Trinajstić information content (AvgIpc) is 3.18. The monoisotopic (exact) mass is 374 g/mol. The molecular weight excluding hydrogens is 352 g/mol. The van der Waals surface area contributed by atoms with Crippen LogP contribution in [0.3, 0.4) is 0 Å². The third-order valence-electron chi connectivity index (χ3n) is 4.89. The summed E-state index contributed by atoms with van der Waals surface area (Å²) in [6.45, 7) is 5.03. The number of pyridine rings is 1. The Kier molecular flexibility index (Phi) is 4.09. The fraction of sp³-hybridized carbons (Fsp3) is 0.471. The Morgan fingerprint density at radius 1 is 1.42 bits per heavy atom. The standard InChI is InChI=1S/C17H22N6O2S/c1-10-4-5-11(14(20-10)25-3)12-8-19-15-23(12)21-16(26-15)22-7-6-17(2,18)13(24)9-22/h4-5,8,13,24H,6-7,9,18H2,1-3H3/t13-,17-/m0/s1. The van der Waals surface area contributed by atoms with E-state index in [0.29, 0.717) is 18.8 Å².